The number of carboxylic acid groups (broad SMARTS) is 1. The van der Waals surface area contributed by atoms with Crippen LogP contribution in [0, 0.1) is 0 Å². The summed E-state index contributed by atoms with van der Waals surface area (Å²) in [7, 11) is 1.23. The van der Waals surface area contributed by atoms with Crippen molar-refractivity contribution >= 4 is 34.2 Å². The van der Waals surface area contributed by atoms with Crippen molar-refractivity contribution in [3.8, 4) is 0 Å². The SMILES string of the molecule is CCOC(=O)Nc1nc(C(=NOC)C(=O)O)cs1. The van der Waals surface area contributed by atoms with E-state index in [9.17, 15) is 9.59 Å². The molecule has 1 aromatic heterocycles. The molecule has 0 atom stereocenters. The van der Waals surface area contributed by atoms with Crippen molar-refractivity contribution in [2.24, 2.45) is 5.16 Å². The molecule has 0 aliphatic heterocycles. The molecule has 0 aliphatic carbocycles. The molecule has 0 aromatic carbocycles. The minimum absolute atomic E-state index is 0.0983. The predicted octanol–water partition coefficient (Wildman–Crippen LogP) is 1.15. The first-order valence-corrected chi connectivity index (χ1v) is 5.70. The zero-order valence-corrected chi connectivity index (χ0v) is 10.5. The summed E-state index contributed by atoms with van der Waals surface area (Å²) in [6.45, 7) is 1.90. The molecular weight excluding hydrogens is 262 g/mol. The average molecular weight is 273 g/mol. The van der Waals surface area contributed by atoms with E-state index in [2.05, 4.69) is 25.0 Å². The molecule has 0 radical (unpaired) electrons. The van der Waals surface area contributed by atoms with Gasteiger partial charge in [0.1, 0.15) is 12.8 Å². The van der Waals surface area contributed by atoms with E-state index in [1.54, 1.807) is 6.92 Å². The molecule has 0 bridgehead atoms. The first-order valence-electron chi connectivity index (χ1n) is 4.82. The van der Waals surface area contributed by atoms with Gasteiger partial charge in [0.2, 0.25) is 5.71 Å². The molecule has 0 aliphatic rings. The lowest BCUT2D eigenvalue weighted by Gasteiger charge is -2.00. The number of carboxylic acids is 1. The summed E-state index contributed by atoms with van der Waals surface area (Å²) in [5.74, 6) is -1.27. The summed E-state index contributed by atoms with van der Waals surface area (Å²) in [5, 5.41) is 16.2. The van der Waals surface area contributed by atoms with Crippen molar-refractivity contribution in [2.45, 2.75) is 6.92 Å². The molecule has 1 rings (SSSR count). The topological polar surface area (TPSA) is 110 Å². The number of hydrogen-bond donors (Lipinski definition) is 2. The zero-order valence-electron chi connectivity index (χ0n) is 9.67. The van der Waals surface area contributed by atoms with E-state index in [4.69, 9.17) is 5.11 Å². The van der Waals surface area contributed by atoms with Gasteiger partial charge < -0.3 is 14.7 Å². The fourth-order valence-electron chi connectivity index (χ4n) is 0.981. The number of aliphatic carboxylic acids is 1. The van der Waals surface area contributed by atoms with Crippen LogP contribution in [-0.2, 0) is 14.4 Å². The van der Waals surface area contributed by atoms with Gasteiger partial charge in [-0.3, -0.25) is 5.32 Å². The van der Waals surface area contributed by atoms with E-state index in [0.29, 0.717) is 0 Å². The third-order valence-electron chi connectivity index (χ3n) is 1.62. The summed E-state index contributed by atoms with van der Waals surface area (Å²) in [4.78, 5) is 30.3. The molecule has 0 unspecified atom stereocenters. The van der Waals surface area contributed by atoms with E-state index >= 15 is 0 Å². The van der Waals surface area contributed by atoms with Crippen LogP contribution in [0.25, 0.3) is 0 Å². The summed E-state index contributed by atoms with van der Waals surface area (Å²) < 4.78 is 4.66. The number of amides is 1. The molecule has 0 saturated carbocycles. The van der Waals surface area contributed by atoms with Crippen LogP contribution in [0.5, 0.6) is 0 Å². The molecule has 18 heavy (non-hydrogen) atoms. The second-order valence-electron chi connectivity index (χ2n) is 2.81. The first-order chi connectivity index (χ1) is 8.58. The number of nitrogens with one attached hydrogen (secondary N) is 1. The lowest BCUT2D eigenvalue weighted by Crippen LogP contribution is -2.16. The molecule has 8 nitrogen and oxygen atoms in total. The second kappa shape index (κ2) is 6.55. The van der Waals surface area contributed by atoms with Gasteiger partial charge in [-0.1, -0.05) is 5.16 Å². The van der Waals surface area contributed by atoms with Gasteiger partial charge in [0.25, 0.3) is 0 Å². The van der Waals surface area contributed by atoms with Crippen LogP contribution >= 0.6 is 11.3 Å². The van der Waals surface area contributed by atoms with E-state index < -0.39 is 12.1 Å². The van der Waals surface area contributed by atoms with Gasteiger partial charge in [-0.15, -0.1) is 11.3 Å². The van der Waals surface area contributed by atoms with E-state index in [0.717, 1.165) is 11.3 Å². The van der Waals surface area contributed by atoms with Crippen LogP contribution in [-0.4, -0.2) is 41.6 Å². The van der Waals surface area contributed by atoms with Gasteiger partial charge in [0.05, 0.1) is 6.61 Å². The molecule has 0 spiro atoms. The fourth-order valence-corrected chi connectivity index (χ4v) is 1.66. The van der Waals surface area contributed by atoms with Crippen molar-refractivity contribution in [3.63, 3.8) is 0 Å². The second-order valence-corrected chi connectivity index (χ2v) is 3.67. The highest BCUT2D eigenvalue weighted by Gasteiger charge is 2.18. The van der Waals surface area contributed by atoms with Crippen molar-refractivity contribution in [1.29, 1.82) is 0 Å². The van der Waals surface area contributed by atoms with Crippen LogP contribution in [0.4, 0.5) is 9.93 Å². The number of nitrogens with zero attached hydrogens (tertiary/aromatic N) is 2. The largest absolute Gasteiger partial charge is 0.476 e. The number of oxime groups is 1. The first kappa shape index (κ1) is 13.9. The van der Waals surface area contributed by atoms with Gasteiger partial charge in [-0.2, -0.15) is 0 Å². The van der Waals surface area contributed by atoms with Gasteiger partial charge >= 0.3 is 12.1 Å². The number of aromatic nitrogens is 1. The van der Waals surface area contributed by atoms with Crippen LogP contribution in [0.2, 0.25) is 0 Å². The summed E-state index contributed by atoms with van der Waals surface area (Å²) in [6.07, 6.45) is -0.654. The Morgan fingerprint density at radius 2 is 2.33 bits per heavy atom. The molecular formula is C9H11N3O5S. The Labute approximate surface area is 106 Å². The maximum absolute atomic E-state index is 11.1. The van der Waals surface area contributed by atoms with Crippen molar-refractivity contribution in [1.82, 2.24) is 4.98 Å². The molecule has 2 N–H and O–H groups in total. The maximum Gasteiger partial charge on any atom is 0.413 e. The molecule has 1 aromatic rings. The Morgan fingerprint density at radius 1 is 1.61 bits per heavy atom. The van der Waals surface area contributed by atoms with Gasteiger partial charge in [-0.05, 0) is 6.92 Å². The fraction of sp³-hybridized carbons (Fsp3) is 0.333. The Hall–Kier alpha value is -2.16. The third kappa shape index (κ3) is 3.70. The predicted molar refractivity (Wildman–Crippen MR) is 63.9 cm³/mol. The van der Waals surface area contributed by atoms with Crippen LogP contribution < -0.4 is 5.32 Å². The van der Waals surface area contributed by atoms with Crippen molar-refractivity contribution < 1.29 is 24.3 Å². The highest BCUT2D eigenvalue weighted by molar-refractivity contribution is 7.14. The quantitative estimate of drug-likeness (QED) is 0.615. The Morgan fingerprint density at radius 3 is 2.89 bits per heavy atom. The minimum Gasteiger partial charge on any atom is -0.476 e. The number of anilines is 1. The van der Waals surface area contributed by atoms with E-state index in [1.165, 1.54) is 12.5 Å². The molecule has 0 saturated heterocycles. The van der Waals surface area contributed by atoms with Gasteiger partial charge in [0, 0.05) is 5.38 Å². The van der Waals surface area contributed by atoms with Crippen molar-refractivity contribution in [3.05, 3.63) is 11.1 Å². The standard InChI is InChI=1S/C9H11N3O5S/c1-3-17-9(15)11-8-10-5(4-18-8)6(7(13)14)12-16-2/h4H,3H2,1-2H3,(H,13,14)(H,10,11,15). The van der Waals surface area contributed by atoms with E-state index in [1.807, 2.05) is 0 Å². The van der Waals surface area contributed by atoms with Crippen molar-refractivity contribution in [2.75, 3.05) is 19.0 Å². The van der Waals surface area contributed by atoms with Crippen LogP contribution in [0.1, 0.15) is 12.6 Å². The van der Waals surface area contributed by atoms with E-state index in [-0.39, 0.29) is 23.1 Å². The molecule has 0 fully saturated rings. The lowest BCUT2D eigenvalue weighted by molar-refractivity contribution is -0.129. The monoisotopic (exact) mass is 273 g/mol. The highest BCUT2D eigenvalue weighted by Crippen LogP contribution is 2.16. The average Bonchev–Trinajstić information content (AvgIpc) is 2.73. The molecule has 9 heteroatoms. The van der Waals surface area contributed by atoms with Gasteiger partial charge in [-0.25, -0.2) is 14.6 Å². The number of thiazole rings is 1. The number of carbonyl (C=O) groups is 2. The molecule has 1 amide bonds. The van der Waals surface area contributed by atoms with Crippen LogP contribution in [0.15, 0.2) is 10.5 Å². The Balaban J connectivity index is 2.82. The smallest absolute Gasteiger partial charge is 0.413 e. The Bertz CT molecular complexity index is 471. The number of rotatable bonds is 5. The summed E-state index contributed by atoms with van der Waals surface area (Å²) in [6, 6.07) is 0. The summed E-state index contributed by atoms with van der Waals surface area (Å²) in [5.41, 5.74) is -0.244. The normalized spacial score (nSPS) is 10.9. The zero-order chi connectivity index (χ0) is 13.5. The third-order valence-corrected chi connectivity index (χ3v) is 2.37. The highest BCUT2D eigenvalue weighted by atomic mass is 32.1. The maximum atomic E-state index is 11.1. The summed E-state index contributed by atoms with van der Waals surface area (Å²) >= 11 is 1.05. The Kier molecular flexibility index (Phi) is 5.06. The number of hydrogen-bond acceptors (Lipinski definition) is 7. The minimum atomic E-state index is -1.27. The van der Waals surface area contributed by atoms with Gasteiger partial charge in [0.15, 0.2) is 5.13 Å². The number of carbonyl (C=O) groups excluding carboxylic acids is 1. The molecule has 98 valence electrons. The lowest BCUT2D eigenvalue weighted by atomic mass is 10.3. The molecule has 1 heterocycles. The van der Waals surface area contributed by atoms with Crippen LogP contribution in [0.3, 0.4) is 0 Å². The number of ether oxygens (including phenoxy) is 1.